The van der Waals surface area contributed by atoms with Gasteiger partial charge in [0.1, 0.15) is 5.75 Å². The van der Waals surface area contributed by atoms with Crippen molar-refractivity contribution in [3.8, 4) is 0 Å². The van der Waals surface area contributed by atoms with Gasteiger partial charge in [-0.1, -0.05) is 31.5 Å². The number of hydrogen-bond donors (Lipinski definition) is 0. The molecule has 2 aromatic rings. The Hall–Kier alpha value is -1.65. The molecule has 3 nitrogen and oxygen atoms in total. The Morgan fingerprint density at radius 1 is 0.885 bits per heavy atom. The third-order valence-electron chi connectivity index (χ3n) is 3.28. The molecule has 26 heavy (non-hydrogen) atoms. The van der Waals surface area contributed by atoms with Crippen LogP contribution in [0, 0.1) is 29.1 Å². The second-order valence-corrected chi connectivity index (χ2v) is 8.57. The summed E-state index contributed by atoms with van der Waals surface area (Å²) in [7, 11) is -5.25. The zero-order chi connectivity index (χ0) is 19.5. The van der Waals surface area contributed by atoms with Crippen molar-refractivity contribution >= 4 is 21.3 Å². The van der Waals surface area contributed by atoms with Crippen LogP contribution in [0.4, 0.5) is 22.0 Å². The van der Waals surface area contributed by atoms with Crippen molar-refractivity contribution in [1.82, 2.24) is 0 Å². The molecule has 1 atom stereocenters. The molecule has 2 aromatic carbocycles. The molecule has 0 saturated heterocycles. The van der Waals surface area contributed by atoms with Crippen LogP contribution in [0.3, 0.4) is 0 Å². The summed E-state index contributed by atoms with van der Waals surface area (Å²) in [6, 6.07) is 7.98. The van der Waals surface area contributed by atoms with Crippen LogP contribution < -0.4 is 0 Å². The first-order valence-electron chi connectivity index (χ1n) is 7.43. The van der Waals surface area contributed by atoms with E-state index in [0.717, 1.165) is 0 Å². The van der Waals surface area contributed by atoms with Crippen LogP contribution in [-0.2, 0) is 24.9 Å². The first kappa shape index (κ1) is 20.7. The molecular weight excluding hydrogens is 399 g/mol. The number of hydrogen-bond acceptors (Lipinski definition) is 3. The van der Waals surface area contributed by atoms with Crippen molar-refractivity contribution < 1.29 is 34.0 Å². The third kappa shape index (κ3) is 4.18. The molecule has 0 spiro atoms. The first-order valence-corrected chi connectivity index (χ1v) is 10.2. The predicted molar refractivity (Wildman–Crippen MR) is 86.4 cm³/mol. The number of halogens is 5. The van der Waals surface area contributed by atoms with Gasteiger partial charge in [-0.3, -0.25) is 0 Å². The van der Waals surface area contributed by atoms with Crippen molar-refractivity contribution in [3.63, 3.8) is 0 Å². The molecule has 1 unspecified atom stereocenters. The molecule has 2 rings (SSSR count). The third-order valence-corrected chi connectivity index (χ3v) is 6.97. The van der Waals surface area contributed by atoms with Gasteiger partial charge < -0.3 is 0 Å². The van der Waals surface area contributed by atoms with Gasteiger partial charge in [-0.2, -0.15) is 8.42 Å². The van der Waals surface area contributed by atoms with E-state index in [1.807, 2.05) is 6.92 Å². The summed E-state index contributed by atoms with van der Waals surface area (Å²) in [5.74, 6) is -11.8. The number of rotatable bonds is 7. The maximum absolute atomic E-state index is 13.8. The van der Waals surface area contributed by atoms with E-state index in [-0.39, 0.29) is 5.75 Å². The summed E-state index contributed by atoms with van der Waals surface area (Å²) in [5, 5.41) is 0. The largest absolute Gasteiger partial charge is 0.346 e. The topological polar surface area (TPSA) is 43.4 Å². The van der Waals surface area contributed by atoms with Crippen molar-refractivity contribution in [2.75, 3.05) is 5.75 Å². The normalized spacial score (nSPS) is 13.0. The van der Waals surface area contributed by atoms with E-state index >= 15 is 0 Å². The van der Waals surface area contributed by atoms with E-state index in [2.05, 4.69) is 0 Å². The Kier molecular flexibility index (Phi) is 6.64. The minimum atomic E-state index is -5.25. The lowest BCUT2D eigenvalue weighted by atomic mass is 10.3. The Labute approximate surface area is 150 Å². The molecule has 0 aliphatic carbocycles. The molecule has 0 fully saturated rings. The maximum atomic E-state index is 13.8. The Morgan fingerprint density at radius 3 is 1.88 bits per heavy atom. The van der Waals surface area contributed by atoms with Crippen molar-refractivity contribution in [1.29, 1.82) is 0 Å². The number of unbranched alkanes of at least 4 members (excludes halogenated alkanes) is 1. The van der Waals surface area contributed by atoms with E-state index in [0.29, 0.717) is 17.7 Å². The van der Waals surface area contributed by atoms with Gasteiger partial charge in [0.25, 0.3) is 0 Å². The quantitative estimate of drug-likeness (QED) is 0.291. The molecule has 0 aliphatic heterocycles. The lowest BCUT2D eigenvalue weighted by molar-refractivity contribution is 0.354. The van der Waals surface area contributed by atoms with Gasteiger partial charge >= 0.3 is 10.1 Å². The zero-order valence-corrected chi connectivity index (χ0v) is 15.1. The van der Waals surface area contributed by atoms with Crippen LogP contribution in [-0.4, -0.2) is 14.2 Å². The molecule has 0 bridgehead atoms. The molecule has 0 aromatic heterocycles. The SMILES string of the molecule is CCCC[S+](OS(=O)(=O)c1c(F)c(F)c(F)c(F)c1F)c1ccccc1. The van der Waals surface area contributed by atoms with Gasteiger partial charge in [0, 0.05) is 0 Å². The molecule has 0 N–H and O–H groups in total. The smallest absolute Gasteiger partial charge is 0.202 e. The van der Waals surface area contributed by atoms with Gasteiger partial charge in [0.05, 0.1) is 0 Å². The Bertz CT molecular complexity index is 859. The highest BCUT2D eigenvalue weighted by Crippen LogP contribution is 2.30. The summed E-state index contributed by atoms with van der Waals surface area (Å²) in [6.45, 7) is 1.84. The predicted octanol–water partition coefficient (Wildman–Crippen LogP) is 4.48. The molecular formula is C16H14F5O3S2+. The molecule has 10 heteroatoms. The van der Waals surface area contributed by atoms with Crippen LogP contribution in [0.25, 0.3) is 0 Å². The van der Waals surface area contributed by atoms with Crippen LogP contribution in [0.5, 0.6) is 0 Å². The van der Waals surface area contributed by atoms with E-state index in [1.165, 1.54) is 0 Å². The molecule has 0 radical (unpaired) electrons. The average molecular weight is 413 g/mol. The molecule has 0 amide bonds. The Morgan fingerprint density at radius 2 is 1.38 bits per heavy atom. The fourth-order valence-electron chi connectivity index (χ4n) is 1.99. The summed E-state index contributed by atoms with van der Waals surface area (Å²) >= 11 is -1.45. The minimum absolute atomic E-state index is 0.204. The van der Waals surface area contributed by atoms with Crippen molar-refractivity contribution in [2.24, 2.45) is 0 Å². The lowest BCUT2D eigenvalue weighted by Gasteiger charge is -2.09. The lowest BCUT2D eigenvalue weighted by Crippen LogP contribution is -2.21. The molecule has 142 valence electrons. The molecule has 0 saturated carbocycles. The van der Waals surface area contributed by atoms with Gasteiger partial charge in [0.15, 0.2) is 33.1 Å². The van der Waals surface area contributed by atoms with Gasteiger partial charge in [0.2, 0.25) is 17.0 Å². The fourth-order valence-corrected chi connectivity index (χ4v) is 5.57. The average Bonchev–Trinajstić information content (AvgIpc) is 2.62. The van der Waals surface area contributed by atoms with E-state index in [4.69, 9.17) is 3.63 Å². The van der Waals surface area contributed by atoms with Crippen LogP contribution in [0.1, 0.15) is 19.8 Å². The Balaban J connectivity index is 2.49. The highest BCUT2D eigenvalue weighted by Gasteiger charge is 2.40. The summed E-state index contributed by atoms with van der Waals surface area (Å²) in [5.41, 5.74) is 0. The monoisotopic (exact) mass is 413 g/mol. The van der Waals surface area contributed by atoms with Crippen LogP contribution >= 0.6 is 0 Å². The zero-order valence-electron chi connectivity index (χ0n) is 13.4. The molecule has 0 aliphatic rings. The fraction of sp³-hybridized carbons (Fsp3) is 0.250. The second-order valence-electron chi connectivity index (χ2n) is 5.14. The minimum Gasteiger partial charge on any atom is -0.202 e. The van der Waals surface area contributed by atoms with Gasteiger partial charge in [-0.05, 0) is 22.2 Å². The highest BCUT2D eigenvalue weighted by molar-refractivity contribution is 8.02. The first-order chi connectivity index (χ1) is 12.2. The van der Waals surface area contributed by atoms with Crippen molar-refractivity contribution in [3.05, 3.63) is 59.4 Å². The van der Waals surface area contributed by atoms with E-state index in [1.54, 1.807) is 30.3 Å². The van der Waals surface area contributed by atoms with E-state index in [9.17, 15) is 30.4 Å². The van der Waals surface area contributed by atoms with Crippen LogP contribution in [0.2, 0.25) is 0 Å². The van der Waals surface area contributed by atoms with Crippen LogP contribution in [0.15, 0.2) is 40.1 Å². The van der Waals surface area contributed by atoms with Gasteiger partial charge in [-0.15, -0.1) is 0 Å². The maximum Gasteiger partial charge on any atom is 0.346 e. The summed E-state index contributed by atoms with van der Waals surface area (Å²) in [6.07, 6.45) is 1.22. The summed E-state index contributed by atoms with van der Waals surface area (Å²) < 4.78 is 96.9. The number of benzene rings is 2. The highest BCUT2D eigenvalue weighted by atomic mass is 32.3. The standard InChI is InChI=1S/C16H14F5O3S2/c1-2-3-9-25(10-7-5-4-6-8-10)24-26(22,23)16-14(20)12(18)11(17)13(19)15(16)21/h4-8H,2-3,9H2,1H3/q+1. The van der Waals surface area contributed by atoms with Crippen molar-refractivity contribution in [2.45, 2.75) is 29.6 Å². The summed E-state index contributed by atoms with van der Waals surface area (Å²) in [4.78, 5) is -1.56. The van der Waals surface area contributed by atoms with Gasteiger partial charge in [-0.25, -0.2) is 22.0 Å². The second kappa shape index (κ2) is 8.36. The van der Waals surface area contributed by atoms with E-state index < -0.39 is 55.3 Å². The molecule has 0 heterocycles.